The SMILES string of the molecule is CC(=O)OCC1C=CC=CC=CC=C1. The first-order chi connectivity index (χ1) is 6.79. The van der Waals surface area contributed by atoms with Crippen LogP contribution >= 0.6 is 0 Å². The summed E-state index contributed by atoms with van der Waals surface area (Å²) in [5.74, 6) is -0.0796. The highest BCUT2D eigenvalue weighted by molar-refractivity contribution is 5.65. The van der Waals surface area contributed by atoms with Crippen molar-refractivity contribution in [1.29, 1.82) is 0 Å². The van der Waals surface area contributed by atoms with Crippen molar-refractivity contribution in [3.63, 3.8) is 0 Å². The van der Waals surface area contributed by atoms with Crippen LogP contribution in [0.5, 0.6) is 0 Å². The van der Waals surface area contributed by atoms with Crippen molar-refractivity contribution in [1.82, 2.24) is 0 Å². The molecule has 0 bridgehead atoms. The maximum absolute atomic E-state index is 10.6. The van der Waals surface area contributed by atoms with Gasteiger partial charge in [-0.05, 0) is 0 Å². The average Bonchev–Trinajstić information content (AvgIpc) is 2.27. The largest absolute Gasteiger partial charge is 0.465 e. The van der Waals surface area contributed by atoms with Crippen molar-refractivity contribution in [3.05, 3.63) is 48.6 Å². The standard InChI is InChI=1S/C12H14O2/c1-11(13)14-10-12-8-6-4-2-3-5-7-9-12/h2-9,12H,10H2,1H3. The molecule has 0 spiro atoms. The minimum absolute atomic E-state index is 0.159. The van der Waals surface area contributed by atoms with E-state index in [0.29, 0.717) is 6.61 Å². The summed E-state index contributed by atoms with van der Waals surface area (Å²) < 4.78 is 4.93. The van der Waals surface area contributed by atoms with E-state index in [1.807, 2.05) is 48.6 Å². The molecule has 0 unspecified atom stereocenters. The molecule has 0 atom stereocenters. The summed E-state index contributed by atoms with van der Waals surface area (Å²) in [5, 5.41) is 0. The Labute approximate surface area is 84.3 Å². The molecule has 0 aliphatic heterocycles. The van der Waals surface area contributed by atoms with Crippen molar-refractivity contribution in [2.45, 2.75) is 6.92 Å². The van der Waals surface area contributed by atoms with Gasteiger partial charge in [0.05, 0.1) is 0 Å². The third-order valence-electron chi connectivity index (χ3n) is 1.75. The molecule has 0 amide bonds. The third-order valence-corrected chi connectivity index (χ3v) is 1.75. The van der Waals surface area contributed by atoms with E-state index in [2.05, 4.69) is 0 Å². The van der Waals surface area contributed by atoms with Crippen LogP contribution in [0, 0.1) is 5.92 Å². The topological polar surface area (TPSA) is 26.3 Å². The predicted octanol–water partition coefficient (Wildman–Crippen LogP) is 2.40. The average molecular weight is 190 g/mol. The third kappa shape index (κ3) is 4.45. The fourth-order valence-corrected chi connectivity index (χ4v) is 1.06. The lowest BCUT2D eigenvalue weighted by Gasteiger charge is -2.06. The van der Waals surface area contributed by atoms with Crippen LogP contribution in [0.15, 0.2) is 48.6 Å². The zero-order valence-corrected chi connectivity index (χ0v) is 8.22. The van der Waals surface area contributed by atoms with Crippen molar-refractivity contribution < 1.29 is 9.53 Å². The molecule has 0 radical (unpaired) electrons. The van der Waals surface area contributed by atoms with Crippen molar-refractivity contribution in [2.75, 3.05) is 6.61 Å². The van der Waals surface area contributed by atoms with Crippen LogP contribution in [0.1, 0.15) is 6.92 Å². The highest BCUT2D eigenvalue weighted by Gasteiger charge is 2.01. The molecular weight excluding hydrogens is 176 g/mol. The lowest BCUT2D eigenvalue weighted by atomic mass is 10.1. The van der Waals surface area contributed by atoms with Crippen LogP contribution in [0.2, 0.25) is 0 Å². The van der Waals surface area contributed by atoms with Gasteiger partial charge in [0.25, 0.3) is 0 Å². The molecule has 74 valence electrons. The molecule has 14 heavy (non-hydrogen) atoms. The number of hydrogen-bond donors (Lipinski definition) is 0. The number of allylic oxidation sites excluding steroid dienone is 6. The van der Waals surface area contributed by atoms with Gasteiger partial charge in [0.1, 0.15) is 6.61 Å². The Balaban J connectivity index is 2.53. The summed E-state index contributed by atoms with van der Waals surface area (Å²) in [6.07, 6.45) is 15.7. The van der Waals surface area contributed by atoms with E-state index in [9.17, 15) is 4.79 Å². The molecule has 0 aromatic carbocycles. The smallest absolute Gasteiger partial charge is 0.302 e. The Morgan fingerprint density at radius 2 is 1.57 bits per heavy atom. The molecule has 1 aliphatic rings. The van der Waals surface area contributed by atoms with Gasteiger partial charge >= 0.3 is 5.97 Å². The second-order valence-electron chi connectivity index (χ2n) is 3.01. The van der Waals surface area contributed by atoms with E-state index in [1.165, 1.54) is 6.92 Å². The molecule has 0 aromatic rings. The number of ether oxygens (including phenoxy) is 1. The van der Waals surface area contributed by atoms with Crippen LogP contribution in [-0.2, 0) is 9.53 Å². The van der Waals surface area contributed by atoms with Gasteiger partial charge in [-0.3, -0.25) is 4.79 Å². The van der Waals surface area contributed by atoms with E-state index in [1.54, 1.807) is 0 Å². The van der Waals surface area contributed by atoms with Gasteiger partial charge in [-0.15, -0.1) is 0 Å². The molecule has 2 nitrogen and oxygen atoms in total. The lowest BCUT2D eigenvalue weighted by molar-refractivity contribution is -0.141. The Bertz CT molecular complexity index is 273. The zero-order valence-electron chi connectivity index (χ0n) is 8.22. The summed E-state index contributed by atoms with van der Waals surface area (Å²) in [5.41, 5.74) is 0. The van der Waals surface area contributed by atoms with Crippen molar-refractivity contribution >= 4 is 5.97 Å². The summed E-state index contributed by atoms with van der Waals surface area (Å²) >= 11 is 0. The van der Waals surface area contributed by atoms with Crippen molar-refractivity contribution in [3.8, 4) is 0 Å². The molecular formula is C12H14O2. The highest BCUT2D eigenvalue weighted by Crippen LogP contribution is 2.04. The molecule has 0 saturated heterocycles. The fraction of sp³-hybridized carbons (Fsp3) is 0.250. The second-order valence-corrected chi connectivity index (χ2v) is 3.01. The van der Waals surface area contributed by atoms with E-state index < -0.39 is 0 Å². The molecule has 1 aliphatic carbocycles. The normalized spacial score (nSPS) is 19.9. The van der Waals surface area contributed by atoms with E-state index in [-0.39, 0.29) is 11.9 Å². The highest BCUT2D eigenvalue weighted by atomic mass is 16.5. The summed E-state index contributed by atoms with van der Waals surface area (Å²) in [6, 6.07) is 0. The van der Waals surface area contributed by atoms with Gasteiger partial charge in [0.15, 0.2) is 0 Å². The first-order valence-corrected chi connectivity index (χ1v) is 4.61. The predicted molar refractivity (Wildman–Crippen MR) is 56.7 cm³/mol. The lowest BCUT2D eigenvalue weighted by Crippen LogP contribution is -2.08. The van der Waals surface area contributed by atoms with Gasteiger partial charge in [0, 0.05) is 12.8 Å². The Morgan fingerprint density at radius 1 is 1.07 bits per heavy atom. The van der Waals surface area contributed by atoms with Crippen molar-refractivity contribution in [2.24, 2.45) is 5.92 Å². The van der Waals surface area contributed by atoms with E-state index >= 15 is 0 Å². The Kier molecular flexibility index (Phi) is 4.48. The Morgan fingerprint density at radius 3 is 2.07 bits per heavy atom. The van der Waals surface area contributed by atoms with E-state index in [0.717, 1.165) is 0 Å². The molecule has 0 heterocycles. The number of carbonyl (C=O) groups is 1. The number of carbonyl (C=O) groups excluding carboxylic acids is 1. The molecule has 0 fully saturated rings. The summed E-state index contributed by atoms with van der Waals surface area (Å²) in [4.78, 5) is 10.6. The molecule has 0 aromatic heterocycles. The molecule has 1 rings (SSSR count). The van der Waals surface area contributed by atoms with Gasteiger partial charge in [-0.1, -0.05) is 48.6 Å². The zero-order chi connectivity index (χ0) is 10.2. The second kappa shape index (κ2) is 5.97. The maximum atomic E-state index is 10.6. The minimum Gasteiger partial charge on any atom is -0.465 e. The molecule has 0 saturated carbocycles. The minimum atomic E-state index is -0.238. The van der Waals surface area contributed by atoms with Gasteiger partial charge in [-0.2, -0.15) is 0 Å². The summed E-state index contributed by atoms with van der Waals surface area (Å²) in [7, 11) is 0. The summed E-state index contributed by atoms with van der Waals surface area (Å²) in [6.45, 7) is 1.83. The number of hydrogen-bond acceptors (Lipinski definition) is 2. The van der Waals surface area contributed by atoms with Crippen LogP contribution in [0.3, 0.4) is 0 Å². The van der Waals surface area contributed by atoms with Crippen LogP contribution in [-0.4, -0.2) is 12.6 Å². The molecule has 2 heteroatoms. The molecule has 0 N–H and O–H groups in total. The monoisotopic (exact) mass is 190 g/mol. The first kappa shape index (κ1) is 10.5. The van der Waals surface area contributed by atoms with Crippen LogP contribution in [0.4, 0.5) is 0 Å². The van der Waals surface area contributed by atoms with Gasteiger partial charge < -0.3 is 4.74 Å². The van der Waals surface area contributed by atoms with Gasteiger partial charge in [0.2, 0.25) is 0 Å². The quantitative estimate of drug-likeness (QED) is 0.625. The van der Waals surface area contributed by atoms with Gasteiger partial charge in [-0.25, -0.2) is 0 Å². The van der Waals surface area contributed by atoms with Crippen LogP contribution < -0.4 is 0 Å². The first-order valence-electron chi connectivity index (χ1n) is 4.61. The van der Waals surface area contributed by atoms with E-state index in [4.69, 9.17) is 4.74 Å². The number of rotatable bonds is 2. The fourth-order valence-electron chi connectivity index (χ4n) is 1.06. The number of esters is 1. The van der Waals surface area contributed by atoms with Crippen LogP contribution in [0.25, 0.3) is 0 Å². The maximum Gasteiger partial charge on any atom is 0.302 e. The Hall–Kier alpha value is -1.57.